The van der Waals surface area contributed by atoms with Crippen LogP contribution in [0.3, 0.4) is 0 Å². The van der Waals surface area contributed by atoms with Crippen LogP contribution in [0, 0.1) is 0 Å². The van der Waals surface area contributed by atoms with Gasteiger partial charge in [0.2, 0.25) is 0 Å². The van der Waals surface area contributed by atoms with E-state index in [1.807, 2.05) is 6.08 Å². The minimum absolute atomic E-state index is 0.0741. The Morgan fingerprint density at radius 1 is 1.70 bits per heavy atom. The molecule has 2 aliphatic rings. The van der Waals surface area contributed by atoms with E-state index >= 15 is 0 Å². The van der Waals surface area contributed by atoms with Crippen LogP contribution in [0.2, 0.25) is 0 Å². The molecular weight excluding hydrogens is 132 g/mol. The summed E-state index contributed by atoms with van der Waals surface area (Å²) in [6, 6.07) is 0. The zero-order chi connectivity index (χ0) is 6.97. The summed E-state index contributed by atoms with van der Waals surface area (Å²) in [6.45, 7) is 1.30. The third-order valence-corrected chi connectivity index (χ3v) is 1.90. The summed E-state index contributed by atoms with van der Waals surface area (Å²) in [5.74, 6) is 0.951. The van der Waals surface area contributed by atoms with Crippen LogP contribution in [-0.2, 0) is 14.2 Å². The quantitative estimate of drug-likeness (QED) is 0.527. The Morgan fingerprint density at radius 3 is 3.40 bits per heavy atom. The maximum atomic E-state index is 5.34. The van der Waals surface area contributed by atoms with E-state index in [-0.39, 0.29) is 12.2 Å². The zero-order valence-corrected chi connectivity index (χ0v) is 5.87. The SMILES string of the molecule is COC1COC2=CCOC21. The summed E-state index contributed by atoms with van der Waals surface area (Å²) >= 11 is 0. The highest BCUT2D eigenvalue weighted by Crippen LogP contribution is 2.27. The van der Waals surface area contributed by atoms with Crippen LogP contribution in [-0.4, -0.2) is 32.5 Å². The Bertz CT molecular complexity index is 164. The van der Waals surface area contributed by atoms with Crippen molar-refractivity contribution in [3.8, 4) is 0 Å². The molecule has 1 saturated heterocycles. The highest BCUT2D eigenvalue weighted by atomic mass is 16.6. The summed E-state index contributed by atoms with van der Waals surface area (Å²) in [5, 5.41) is 0. The second-order valence-corrected chi connectivity index (χ2v) is 2.45. The molecule has 0 aliphatic carbocycles. The van der Waals surface area contributed by atoms with E-state index in [0.717, 1.165) is 5.76 Å². The average Bonchev–Trinajstić information content (AvgIpc) is 2.44. The Labute approximate surface area is 59.6 Å². The van der Waals surface area contributed by atoms with E-state index < -0.39 is 0 Å². The molecule has 10 heavy (non-hydrogen) atoms. The van der Waals surface area contributed by atoms with E-state index in [1.165, 1.54) is 0 Å². The summed E-state index contributed by atoms with van der Waals surface area (Å²) in [4.78, 5) is 0. The summed E-state index contributed by atoms with van der Waals surface area (Å²) < 4.78 is 15.8. The summed E-state index contributed by atoms with van der Waals surface area (Å²) in [7, 11) is 1.68. The molecule has 0 amide bonds. The third-order valence-electron chi connectivity index (χ3n) is 1.90. The van der Waals surface area contributed by atoms with Gasteiger partial charge in [0.15, 0.2) is 0 Å². The number of hydrogen-bond acceptors (Lipinski definition) is 3. The predicted molar refractivity (Wildman–Crippen MR) is 34.6 cm³/mol. The first-order chi connectivity index (χ1) is 4.92. The average molecular weight is 142 g/mol. The van der Waals surface area contributed by atoms with Crippen molar-refractivity contribution in [3.05, 3.63) is 11.8 Å². The second kappa shape index (κ2) is 2.25. The van der Waals surface area contributed by atoms with Crippen molar-refractivity contribution in [1.29, 1.82) is 0 Å². The van der Waals surface area contributed by atoms with Crippen LogP contribution in [0.5, 0.6) is 0 Å². The standard InChI is InChI=1S/C7H10O3/c1-8-6-4-10-5-2-3-9-7(5)6/h2,6-7H,3-4H2,1H3. The molecule has 2 atom stereocenters. The van der Waals surface area contributed by atoms with Crippen molar-refractivity contribution >= 4 is 0 Å². The van der Waals surface area contributed by atoms with Gasteiger partial charge in [-0.3, -0.25) is 0 Å². The van der Waals surface area contributed by atoms with Crippen molar-refractivity contribution in [1.82, 2.24) is 0 Å². The Morgan fingerprint density at radius 2 is 2.60 bits per heavy atom. The van der Waals surface area contributed by atoms with Crippen molar-refractivity contribution in [3.63, 3.8) is 0 Å². The molecule has 0 bridgehead atoms. The molecule has 56 valence electrons. The maximum Gasteiger partial charge on any atom is 0.144 e. The molecule has 3 heteroatoms. The fraction of sp³-hybridized carbons (Fsp3) is 0.714. The van der Waals surface area contributed by atoms with Gasteiger partial charge in [-0.2, -0.15) is 0 Å². The van der Waals surface area contributed by atoms with Gasteiger partial charge in [-0.1, -0.05) is 0 Å². The van der Waals surface area contributed by atoms with Gasteiger partial charge < -0.3 is 14.2 Å². The van der Waals surface area contributed by atoms with E-state index in [4.69, 9.17) is 14.2 Å². The minimum atomic E-state index is 0.0741. The minimum Gasteiger partial charge on any atom is -0.492 e. The molecule has 1 fully saturated rings. The lowest BCUT2D eigenvalue weighted by atomic mass is 10.2. The van der Waals surface area contributed by atoms with Crippen LogP contribution in [0.4, 0.5) is 0 Å². The molecule has 0 aromatic heterocycles. The summed E-state index contributed by atoms with van der Waals surface area (Å²) in [5.41, 5.74) is 0. The lowest BCUT2D eigenvalue weighted by Gasteiger charge is -2.10. The Hall–Kier alpha value is -0.540. The maximum absolute atomic E-state index is 5.34. The van der Waals surface area contributed by atoms with Crippen LogP contribution < -0.4 is 0 Å². The molecule has 0 radical (unpaired) electrons. The Kier molecular flexibility index (Phi) is 1.39. The molecule has 2 unspecified atom stereocenters. The van der Waals surface area contributed by atoms with E-state index in [0.29, 0.717) is 13.2 Å². The molecule has 0 N–H and O–H groups in total. The van der Waals surface area contributed by atoms with Crippen LogP contribution >= 0.6 is 0 Å². The van der Waals surface area contributed by atoms with Gasteiger partial charge in [0, 0.05) is 7.11 Å². The van der Waals surface area contributed by atoms with Gasteiger partial charge in [0.05, 0.1) is 6.61 Å². The fourth-order valence-corrected chi connectivity index (χ4v) is 1.32. The normalized spacial score (nSPS) is 37.1. The van der Waals surface area contributed by atoms with Crippen molar-refractivity contribution in [2.75, 3.05) is 20.3 Å². The smallest absolute Gasteiger partial charge is 0.144 e. The van der Waals surface area contributed by atoms with Gasteiger partial charge in [0.25, 0.3) is 0 Å². The number of ether oxygens (including phenoxy) is 3. The lowest BCUT2D eigenvalue weighted by molar-refractivity contribution is -0.00284. The van der Waals surface area contributed by atoms with Gasteiger partial charge in [-0.25, -0.2) is 0 Å². The summed E-state index contributed by atoms with van der Waals surface area (Å²) in [6.07, 6.45) is 2.14. The van der Waals surface area contributed by atoms with Gasteiger partial charge in [-0.05, 0) is 6.08 Å². The highest BCUT2D eigenvalue weighted by molar-refractivity contribution is 5.12. The van der Waals surface area contributed by atoms with E-state index in [9.17, 15) is 0 Å². The first-order valence-electron chi connectivity index (χ1n) is 3.39. The van der Waals surface area contributed by atoms with Crippen LogP contribution in [0.25, 0.3) is 0 Å². The zero-order valence-electron chi connectivity index (χ0n) is 5.87. The van der Waals surface area contributed by atoms with Gasteiger partial charge in [-0.15, -0.1) is 0 Å². The molecule has 0 saturated carbocycles. The van der Waals surface area contributed by atoms with Gasteiger partial charge >= 0.3 is 0 Å². The van der Waals surface area contributed by atoms with Crippen molar-refractivity contribution in [2.45, 2.75) is 12.2 Å². The van der Waals surface area contributed by atoms with Crippen LogP contribution in [0.15, 0.2) is 11.8 Å². The molecule has 2 aliphatic heterocycles. The largest absolute Gasteiger partial charge is 0.492 e. The first-order valence-corrected chi connectivity index (χ1v) is 3.39. The molecule has 0 aromatic rings. The molecule has 0 aromatic carbocycles. The number of fused-ring (bicyclic) bond motifs is 1. The van der Waals surface area contributed by atoms with E-state index in [2.05, 4.69) is 0 Å². The monoisotopic (exact) mass is 142 g/mol. The third kappa shape index (κ3) is 0.744. The first kappa shape index (κ1) is 6.19. The topological polar surface area (TPSA) is 27.7 Å². The van der Waals surface area contributed by atoms with Crippen LogP contribution in [0.1, 0.15) is 0 Å². The highest BCUT2D eigenvalue weighted by Gasteiger charge is 2.37. The van der Waals surface area contributed by atoms with E-state index in [1.54, 1.807) is 7.11 Å². The van der Waals surface area contributed by atoms with Crippen molar-refractivity contribution < 1.29 is 14.2 Å². The predicted octanol–water partition coefficient (Wildman–Crippen LogP) is 0.314. The Balaban J connectivity index is 2.11. The molecule has 0 spiro atoms. The number of methoxy groups -OCH3 is 1. The lowest BCUT2D eigenvalue weighted by Crippen LogP contribution is -2.25. The fourth-order valence-electron chi connectivity index (χ4n) is 1.32. The number of hydrogen-bond donors (Lipinski definition) is 0. The second-order valence-electron chi connectivity index (χ2n) is 2.45. The number of rotatable bonds is 1. The molecule has 2 heterocycles. The molecule has 2 rings (SSSR count). The van der Waals surface area contributed by atoms with Crippen molar-refractivity contribution in [2.24, 2.45) is 0 Å². The van der Waals surface area contributed by atoms with Gasteiger partial charge in [0.1, 0.15) is 24.6 Å². The molecular formula is C7H10O3. The molecule has 3 nitrogen and oxygen atoms in total.